The molecule has 2 heterocycles. The van der Waals surface area contributed by atoms with Crippen molar-refractivity contribution in [1.82, 2.24) is 4.98 Å². The number of nitrogens with two attached hydrogens (primary N) is 1. The van der Waals surface area contributed by atoms with Crippen molar-refractivity contribution >= 4 is 17.2 Å². The second kappa shape index (κ2) is 5.98. The molecule has 3 nitrogen and oxygen atoms in total. The lowest BCUT2D eigenvalue weighted by Crippen LogP contribution is -2.18. The van der Waals surface area contributed by atoms with Gasteiger partial charge < -0.3 is 10.6 Å². The standard InChI is InChI=1S/C14H19N3S/c1-11-8-12(5-6-15)9-16-14(11)17(2)10-13-4-3-7-18-13/h3-4,7-9H,5-6,10,15H2,1-2H3. The van der Waals surface area contributed by atoms with Crippen LogP contribution >= 0.6 is 11.3 Å². The normalized spacial score (nSPS) is 10.6. The molecule has 18 heavy (non-hydrogen) atoms. The molecule has 2 aromatic heterocycles. The second-order valence-corrected chi connectivity index (χ2v) is 5.49. The first-order valence-electron chi connectivity index (χ1n) is 6.10. The van der Waals surface area contributed by atoms with Gasteiger partial charge in [-0.05, 0) is 42.5 Å². The van der Waals surface area contributed by atoms with E-state index in [0.29, 0.717) is 6.54 Å². The zero-order valence-corrected chi connectivity index (χ0v) is 11.7. The molecule has 0 aliphatic rings. The average Bonchev–Trinajstić information content (AvgIpc) is 2.82. The first kappa shape index (κ1) is 13.1. The fraction of sp³-hybridized carbons (Fsp3) is 0.357. The van der Waals surface area contributed by atoms with E-state index in [2.05, 4.69) is 47.4 Å². The Morgan fingerprint density at radius 2 is 2.28 bits per heavy atom. The molecule has 0 aromatic carbocycles. The van der Waals surface area contributed by atoms with Crippen molar-refractivity contribution < 1.29 is 0 Å². The number of pyridine rings is 1. The number of aryl methyl sites for hydroxylation is 1. The number of hydrogen-bond donors (Lipinski definition) is 1. The van der Waals surface area contributed by atoms with E-state index in [4.69, 9.17) is 5.73 Å². The molecule has 0 saturated carbocycles. The molecule has 2 rings (SSSR count). The van der Waals surface area contributed by atoms with Crippen LogP contribution in [0.25, 0.3) is 0 Å². The highest BCUT2D eigenvalue weighted by atomic mass is 32.1. The molecule has 0 aliphatic carbocycles. The Kier molecular flexibility index (Phi) is 4.33. The van der Waals surface area contributed by atoms with Crippen LogP contribution in [-0.2, 0) is 13.0 Å². The molecule has 0 bridgehead atoms. The van der Waals surface area contributed by atoms with Gasteiger partial charge in [0, 0.05) is 18.1 Å². The fourth-order valence-corrected chi connectivity index (χ4v) is 2.80. The van der Waals surface area contributed by atoms with Crippen LogP contribution in [-0.4, -0.2) is 18.6 Å². The van der Waals surface area contributed by atoms with Crippen LogP contribution < -0.4 is 10.6 Å². The minimum absolute atomic E-state index is 0.672. The van der Waals surface area contributed by atoms with Crippen molar-refractivity contribution in [2.24, 2.45) is 5.73 Å². The first-order valence-corrected chi connectivity index (χ1v) is 6.98. The molecule has 0 radical (unpaired) electrons. The summed E-state index contributed by atoms with van der Waals surface area (Å²) in [5.41, 5.74) is 7.98. The van der Waals surface area contributed by atoms with Crippen LogP contribution in [0.1, 0.15) is 16.0 Å². The largest absolute Gasteiger partial charge is 0.354 e. The summed E-state index contributed by atoms with van der Waals surface area (Å²) in [7, 11) is 2.08. The zero-order chi connectivity index (χ0) is 13.0. The summed E-state index contributed by atoms with van der Waals surface area (Å²) in [5, 5.41) is 2.10. The second-order valence-electron chi connectivity index (χ2n) is 4.46. The Morgan fingerprint density at radius 1 is 1.44 bits per heavy atom. The predicted octanol–water partition coefficient (Wildman–Crippen LogP) is 2.59. The highest BCUT2D eigenvalue weighted by Gasteiger charge is 2.08. The molecule has 0 aliphatic heterocycles. The van der Waals surface area contributed by atoms with Gasteiger partial charge in [0.15, 0.2) is 0 Å². The van der Waals surface area contributed by atoms with E-state index in [9.17, 15) is 0 Å². The fourth-order valence-electron chi connectivity index (χ4n) is 2.04. The molecule has 0 saturated heterocycles. The predicted molar refractivity (Wildman–Crippen MR) is 78.2 cm³/mol. The van der Waals surface area contributed by atoms with Crippen molar-refractivity contribution in [3.8, 4) is 0 Å². The molecule has 2 aromatic rings. The van der Waals surface area contributed by atoms with Crippen molar-refractivity contribution in [2.75, 3.05) is 18.5 Å². The van der Waals surface area contributed by atoms with E-state index < -0.39 is 0 Å². The number of thiophene rings is 1. The summed E-state index contributed by atoms with van der Waals surface area (Å²) in [6.45, 7) is 3.68. The lowest BCUT2D eigenvalue weighted by atomic mass is 10.1. The van der Waals surface area contributed by atoms with Crippen LogP contribution in [0.4, 0.5) is 5.82 Å². The topological polar surface area (TPSA) is 42.1 Å². The van der Waals surface area contributed by atoms with Gasteiger partial charge in [0.2, 0.25) is 0 Å². The van der Waals surface area contributed by atoms with Gasteiger partial charge in [-0.15, -0.1) is 11.3 Å². The molecule has 96 valence electrons. The lowest BCUT2D eigenvalue weighted by Gasteiger charge is -2.19. The Bertz CT molecular complexity index is 494. The number of aromatic nitrogens is 1. The third-order valence-electron chi connectivity index (χ3n) is 2.87. The Balaban J connectivity index is 2.12. The van der Waals surface area contributed by atoms with Gasteiger partial charge in [-0.25, -0.2) is 4.98 Å². The highest BCUT2D eigenvalue weighted by Crippen LogP contribution is 2.20. The molecule has 0 spiro atoms. The highest BCUT2D eigenvalue weighted by molar-refractivity contribution is 7.09. The third-order valence-corrected chi connectivity index (χ3v) is 3.74. The first-order chi connectivity index (χ1) is 8.70. The van der Waals surface area contributed by atoms with Crippen LogP contribution in [0.3, 0.4) is 0 Å². The number of nitrogens with zero attached hydrogens (tertiary/aromatic N) is 2. The smallest absolute Gasteiger partial charge is 0.131 e. The van der Waals surface area contributed by atoms with E-state index in [1.807, 2.05) is 6.20 Å². The average molecular weight is 261 g/mol. The molecule has 0 fully saturated rings. The Labute approximate surface area is 112 Å². The van der Waals surface area contributed by atoms with Crippen molar-refractivity contribution in [2.45, 2.75) is 19.9 Å². The van der Waals surface area contributed by atoms with Crippen LogP contribution in [0, 0.1) is 6.92 Å². The van der Waals surface area contributed by atoms with E-state index in [1.54, 1.807) is 11.3 Å². The summed E-state index contributed by atoms with van der Waals surface area (Å²) in [4.78, 5) is 8.09. The molecule has 0 atom stereocenters. The number of rotatable bonds is 5. The monoisotopic (exact) mass is 261 g/mol. The Morgan fingerprint density at radius 3 is 2.89 bits per heavy atom. The van der Waals surface area contributed by atoms with Crippen LogP contribution in [0.2, 0.25) is 0 Å². The summed E-state index contributed by atoms with van der Waals surface area (Å²) in [6, 6.07) is 6.41. The zero-order valence-electron chi connectivity index (χ0n) is 10.9. The minimum atomic E-state index is 0.672. The quantitative estimate of drug-likeness (QED) is 0.899. The van der Waals surface area contributed by atoms with Crippen molar-refractivity contribution in [3.05, 3.63) is 45.8 Å². The van der Waals surface area contributed by atoms with E-state index in [-0.39, 0.29) is 0 Å². The molecule has 4 heteroatoms. The van der Waals surface area contributed by atoms with Gasteiger partial charge in [-0.3, -0.25) is 0 Å². The molecule has 2 N–H and O–H groups in total. The lowest BCUT2D eigenvalue weighted by molar-refractivity contribution is 0.892. The number of anilines is 1. The van der Waals surface area contributed by atoms with E-state index >= 15 is 0 Å². The Hall–Kier alpha value is -1.39. The summed E-state index contributed by atoms with van der Waals surface area (Å²) < 4.78 is 0. The van der Waals surface area contributed by atoms with Gasteiger partial charge >= 0.3 is 0 Å². The van der Waals surface area contributed by atoms with Gasteiger partial charge in [0.05, 0.1) is 6.54 Å². The van der Waals surface area contributed by atoms with Gasteiger partial charge in [-0.1, -0.05) is 12.1 Å². The molecule has 0 unspecified atom stereocenters. The maximum Gasteiger partial charge on any atom is 0.131 e. The molecular weight excluding hydrogens is 242 g/mol. The van der Waals surface area contributed by atoms with Crippen molar-refractivity contribution in [1.29, 1.82) is 0 Å². The summed E-state index contributed by atoms with van der Waals surface area (Å²) in [6.07, 6.45) is 2.82. The van der Waals surface area contributed by atoms with Crippen LogP contribution in [0.5, 0.6) is 0 Å². The van der Waals surface area contributed by atoms with Gasteiger partial charge in [0.25, 0.3) is 0 Å². The molecular formula is C14H19N3S. The minimum Gasteiger partial charge on any atom is -0.354 e. The molecule has 0 amide bonds. The van der Waals surface area contributed by atoms with Gasteiger partial charge in [0.1, 0.15) is 5.82 Å². The maximum absolute atomic E-state index is 5.56. The van der Waals surface area contributed by atoms with Crippen molar-refractivity contribution in [3.63, 3.8) is 0 Å². The summed E-state index contributed by atoms with van der Waals surface area (Å²) >= 11 is 1.78. The maximum atomic E-state index is 5.56. The summed E-state index contributed by atoms with van der Waals surface area (Å²) in [5.74, 6) is 1.05. The SMILES string of the molecule is Cc1cc(CCN)cnc1N(C)Cc1cccs1. The van der Waals surface area contributed by atoms with Crippen LogP contribution in [0.15, 0.2) is 29.8 Å². The van der Waals surface area contributed by atoms with E-state index in [1.165, 1.54) is 16.0 Å². The van der Waals surface area contributed by atoms with Gasteiger partial charge in [-0.2, -0.15) is 0 Å². The number of hydrogen-bond acceptors (Lipinski definition) is 4. The third kappa shape index (κ3) is 3.09. The van der Waals surface area contributed by atoms with E-state index in [0.717, 1.165) is 18.8 Å².